The fourth-order valence-electron chi connectivity index (χ4n) is 2.91. The summed E-state index contributed by atoms with van der Waals surface area (Å²) in [6.07, 6.45) is 13.3. The van der Waals surface area contributed by atoms with E-state index in [-0.39, 0.29) is 0 Å². The van der Waals surface area contributed by atoms with E-state index in [0.717, 1.165) is 12.4 Å². The van der Waals surface area contributed by atoms with Crippen LogP contribution in [0.4, 0.5) is 0 Å². The minimum absolute atomic E-state index is 0.608. The number of hydrogen-bond acceptors (Lipinski definition) is 3. The standard InChI is InChI=1S/C14H22N2OS/c1-2-5-12(6-3-1)16-10-13(9-15-16)17-11-14-7-4-8-18-14/h9-10,12,14H,1-8,11H2. The fourth-order valence-corrected chi connectivity index (χ4v) is 4.07. The van der Waals surface area contributed by atoms with Crippen LogP contribution >= 0.6 is 11.8 Å². The third-order valence-corrected chi connectivity index (χ3v) is 5.35. The van der Waals surface area contributed by atoms with Crippen molar-refractivity contribution in [3.63, 3.8) is 0 Å². The van der Waals surface area contributed by atoms with Crippen molar-refractivity contribution in [2.45, 2.75) is 56.2 Å². The Kier molecular flexibility index (Phi) is 4.13. The second-order valence-electron chi connectivity index (χ2n) is 5.39. The van der Waals surface area contributed by atoms with E-state index in [1.807, 2.05) is 18.0 Å². The highest BCUT2D eigenvalue weighted by molar-refractivity contribution is 8.00. The first-order valence-electron chi connectivity index (χ1n) is 7.20. The predicted octanol–water partition coefficient (Wildman–Crippen LogP) is 3.66. The molecule has 2 aliphatic rings. The maximum Gasteiger partial charge on any atom is 0.157 e. The van der Waals surface area contributed by atoms with Crippen LogP contribution in [0.1, 0.15) is 51.0 Å². The Morgan fingerprint density at radius 2 is 2.11 bits per heavy atom. The van der Waals surface area contributed by atoms with Gasteiger partial charge in [0.05, 0.1) is 18.4 Å². The molecule has 2 fully saturated rings. The lowest BCUT2D eigenvalue weighted by Gasteiger charge is -2.21. The number of ether oxygens (including phenoxy) is 1. The van der Waals surface area contributed by atoms with Gasteiger partial charge in [0.25, 0.3) is 0 Å². The molecule has 0 bridgehead atoms. The van der Waals surface area contributed by atoms with E-state index < -0.39 is 0 Å². The Balaban J connectivity index is 1.52. The van der Waals surface area contributed by atoms with E-state index in [4.69, 9.17) is 4.74 Å². The van der Waals surface area contributed by atoms with E-state index in [1.54, 1.807) is 0 Å². The van der Waals surface area contributed by atoms with Crippen LogP contribution in [0.5, 0.6) is 5.75 Å². The molecule has 0 amide bonds. The first-order valence-corrected chi connectivity index (χ1v) is 8.25. The second-order valence-corrected chi connectivity index (χ2v) is 6.80. The average molecular weight is 266 g/mol. The fraction of sp³-hybridized carbons (Fsp3) is 0.786. The molecular formula is C14H22N2OS. The molecule has 1 saturated carbocycles. The summed E-state index contributed by atoms with van der Waals surface area (Å²) in [6, 6.07) is 0.608. The predicted molar refractivity (Wildman–Crippen MR) is 75.3 cm³/mol. The van der Waals surface area contributed by atoms with Crippen LogP contribution in [-0.2, 0) is 0 Å². The molecule has 1 atom stereocenters. The van der Waals surface area contributed by atoms with Gasteiger partial charge in [-0.3, -0.25) is 4.68 Å². The summed E-state index contributed by atoms with van der Waals surface area (Å²) in [5.74, 6) is 2.25. The Morgan fingerprint density at radius 1 is 1.22 bits per heavy atom. The van der Waals surface area contributed by atoms with Crippen molar-refractivity contribution >= 4 is 11.8 Å². The molecule has 0 spiro atoms. The first-order chi connectivity index (χ1) is 8.92. The molecule has 1 aromatic rings. The summed E-state index contributed by atoms with van der Waals surface area (Å²) in [6.45, 7) is 0.848. The van der Waals surface area contributed by atoms with Crippen LogP contribution < -0.4 is 4.74 Å². The van der Waals surface area contributed by atoms with Gasteiger partial charge in [0.15, 0.2) is 5.75 Å². The van der Waals surface area contributed by atoms with Gasteiger partial charge in [-0.25, -0.2) is 0 Å². The molecule has 1 aromatic heterocycles. The molecule has 0 radical (unpaired) electrons. The van der Waals surface area contributed by atoms with E-state index in [2.05, 4.69) is 16.0 Å². The van der Waals surface area contributed by atoms with Crippen LogP contribution in [0, 0.1) is 0 Å². The van der Waals surface area contributed by atoms with Gasteiger partial charge in [-0.05, 0) is 31.4 Å². The smallest absolute Gasteiger partial charge is 0.157 e. The monoisotopic (exact) mass is 266 g/mol. The molecule has 18 heavy (non-hydrogen) atoms. The topological polar surface area (TPSA) is 27.1 Å². The van der Waals surface area contributed by atoms with Crippen LogP contribution in [-0.4, -0.2) is 27.4 Å². The summed E-state index contributed by atoms with van der Waals surface area (Å²) >= 11 is 2.04. The molecular weight excluding hydrogens is 244 g/mol. The second kappa shape index (κ2) is 6.00. The van der Waals surface area contributed by atoms with Crippen molar-refractivity contribution in [3.05, 3.63) is 12.4 Å². The summed E-state index contributed by atoms with van der Waals surface area (Å²) in [7, 11) is 0. The maximum absolute atomic E-state index is 5.86. The molecule has 3 rings (SSSR count). The molecule has 1 unspecified atom stereocenters. The van der Waals surface area contributed by atoms with Crippen molar-refractivity contribution in [1.29, 1.82) is 0 Å². The lowest BCUT2D eigenvalue weighted by molar-refractivity contribution is 0.308. The summed E-state index contributed by atoms with van der Waals surface area (Å²) in [5.41, 5.74) is 0. The minimum Gasteiger partial charge on any atom is -0.489 e. The molecule has 4 heteroatoms. The Labute approximate surface area is 113 Å². The normalized spacial score (nSPS) is 25.4. The van der Waals surface area contributed by atoms with Crippen LogP contribution in [0.25, 0.3) is 0 Å². The number of rotatable bonds is 4. The van der Waals surface area contributed by atoms with Gasteiger partial charge in [0, 0.05) is 5.25 Å². The zero-order valence-electron chi connectivity index (χ0n) is 10.9. The lowest BCUT2D eigenvalue weighted by atomic mass is 9.96. The Bertz CT molecular complexity index is 368. The maximum atomic E-state index is 5.86. The van der Waals surface area contributed by atoms with Gasteiger partial charge in [0.2, 0.25) is 0 Å². The highest BCUT2D eigenvalue weighted by atomic mass is 32.2. The molecule has 100 valence electrons. The van der Waals surface area contributed by atoms with Gasteiger partial charge < -0.3 is 4.74 Å². The first kappa shape index (κ1) is 12.4. The number of nitrogens with zero attached hydrogens (tertiary/aromatic N) is 2. The van der Waals surface area contributed by atoms with Gasteiger partial charge in [-0.1, -0.05) is 19.3 Å². The van der Waals surface area contributed by atoms with Crippen LogP contribution in [0.3, 0.4) is 0 Å². The number of thioether (sulfide) groups is 1. The number of hydrogen-bond donors (Lipinski definition) is 0. The SMILES string of the molecule is c1nn(C2CCCCC2)cc1OCC1CCCS1. The largest absolute Gasteiger partial charge is 0.489 e. The zero-order valence-corrected chi connectivity index (χ0v) is 11.7. The van der Waals surface area contributed by atoms with E-state index >= 15 is 0 Å². The van der Waals surface area contributed by atoms with Gasteiger partial charge in [0.1, 0.15) is 6.61 Å². The van der Waals surface area contributed by atoms with Gasteiger partial charge in [-0.15, -0.1) is 0 Å². The van der Waals surface area contributed by atoms with Gasteiger partial charge in [-0.2, -0.15) is 16.9 Å². The quantitative estimate of drug-likeness (QED) is 0.832. The molecule has 1 aliphatic heterocycles. The van der Waals surface area contributed by atoms with Crippen molar-refractivity contribution in [1.82, 2.24) is 9.78 Å². The lowest BCUT2D eigenvalue weighted by Crippen LogP contribution is -2.13. The van der Waals surface area contributed by atoms with Crippen LogP contribution in [0.15, 0.2) is 12.4 Å². The van der Waals surface area contributed by atoms with Crippen molar-refractivity contribution in [3.8, 4) is 5.75 Å². The molecule has 2 heterocycles. The summed E-state index contributed by atoms with van der Waals surface area (Å²) in [5, 5.41) is 5.17. The Morgan fingerprint density at radius 3 is 2.89 bits per heavy atom. The average Bonchev–Trinajstić information content (AvgIpc) is 3.09. The third kappa shape index (κ3) is 3.02. The van der Waals surface area contributed by atoms with E-state index in [0.29, 0.717) is 11.3 Å². The Hall–Kier alpha value is -0.640. The van der Waals surface area contributed by atoms with Crippen LogP contribution in [0.2, 0.25) is 0 Å². The third-order valence-electron chi connectivity index (χ3n) is 3.99. The van der Waals surface area contributed by atoms with Crippen molar-refractivity contribution in [2.75, 3.05) is 12.4 Å². The van der Waals surface area contributed by atoms with Crippen molar-refractivity contribution in [2.24, 2.45) is 0 Å². The molecule has 0 aromatic carbocycles. The van der Waals surface area contributed by atoms with E-state index in [9.17, 15) is 0 Å². The molecule has 0 N–H and O–H groups in total. The highest BCUT2D eigenvalue weighted by Gasteiger charge is 2.18. The molecule has 1 aliphatic carbocycles. The summed E-state index contributed by atoms with van der Waals surface area (Å²) < 4.78 is 7.98. The zero-order chi connectivity index (χ0) is 12.2. The summed E-state index contributed by atoms with van der Waals surface area (Å²) in [4.78, 5) is 0. The van der Waals surface area contributed by atoms with E-state index in [1.165, 1.54) is 50.7 Å². The molecule has 3 nitrogen and oxygen atoms in total. The van der Waals surface area contributed by atoms with Gasteiger partial charge >= 0.3 is 0 Å². The van der Waals surface area contributed by atoms with Crippen molar-refractivity contribution < 1.29 is 4.74 Å². The minimum atomic E-state index is 0.608. The number of aromatic nitrogens is 2. The highest BCUT2D eigenvalue weighted by Crippen LogP contribution is 2.29. The molecule has 1 saturated heterocycles.